The third kappa shape index (κ3) is 3.03. The molecule has 11 aromatic rings. The summed E-state index contributed by atoms with van der Waals surface area (Å²) in [5, 5.41) is 5.17. The molecule has 266 valence electrons. The molecule has 4 aliphatic rings. The minimum Gasteiger partial charge on any atom is -0.309 e. The normalized spacial score (nSPS) is 15.2. The van der Waals surface area contributed by atoms with Gasteiger partial charge in [-0.25, -0.2) is 0 Å². The number of hydrogen-bond acceptors (Lipinski definition) is 0. The van der Waals surface area contributed by atoms with E-state index in [1.165, 1.54) is 122 Å². The number of rotatable bonds is 0. The molecule has 0 saturated carbocycles. The summed E-state index contributed by atoms with van der Waals surface area (Å²) in [6.07, 6.45) is 0. The molecule has 2 aromatic heterocycles. The van der Waals surface area contributed by atoms with Crippen molar-refractivity contribution in [3.05, 3.63) is 239 Å². The Bertz CT molecular complexity index is 3370. The van der Waals surface area contributed by atoms with Gasteiger partial charge >= 0.3 is 0 Å². The van der Waals surface area contributed by atoms with Crippen LogP contribution in [0, 0.1) is 0 Å². The fourth-order valence-electron chi connectivity index (χ4n) is 12.6. The van der Waals surface area contributed by atoms with Crippen LogP contribution in [0.5, 0.6) is 0 Å². The topological polar surface area (TPSA) is 9.86 Å². The highest BCUT2D eigenvalue weighted by atomic mass is 15.0. The molecule has 9 aromatic carbocycles. The first-order valence-electron chi connectivity index (χ1n) is 20.4. The van der Waals surface area contributed by atoms with E-state index in [0.717, 1.165) is 0 Å². The van der Waals surface area contributed by atoms with E-state index in [2.05, 4.69) is 203 Å². The molecule has 4 heterocycles. The van der Waals surface area contributed by atoms with Gasteiger partial charge in [-0.1, -0.05) is 170 Å². The predicted octanol–water partition coefficient (Wildman–Crippen LogP) is 13.2. The zero-order valence-corrected chi connectivity index (χ0v) is 31.4. The van der Waals surface area contributed by atoms with Crippen molar-refractivity contribution in [1.82, 2.24) is 9.13 Å². The number of para-hydroxylation sites is 4. The number of hydrogen-bond donors (Lipinski definition) is 0. The molecule has 15 rings (SSSR count). The van der Waals surface area contributed by atoms with Crippen LogP contribution in [0.1, 0.15) is 44.5 Å². The van der Waals surface area contributed by atoms with Gasteiger partial charge in [0.05, 0.1) is 44.3 Å². The van der Waals surface area contributed by atoms with E-state index in [-0.39, 0.29) is 0 Å². The van der Waals surface area contributed by atoms with Crippen molar-refractivity contribution in [2.45, 2.75) is 10.8 Å². The van der Waals surface area contributed by atoms with E-state index >= 15 is 0 Å². The summed E-state index contributed by atoms with van der Waals surface area (Å²) in [4.78, 5) is 0. The van der Waals surface area contributed by atoms with Crippen LogP contribution in [0.15, 0.2) is 194 Å². The highest BCUT2D eigenvalue weighted by Gasteiger charge is 2.55. The minimum atomic E-state index is -0.543. The van der Waals surface area contributed by atoms with Gasteiger partial charge < -0.3 is 9.13 Å². The van der Waals surface area contributed by atoms with Gasteiger partial charge in [-0.05, 0) is 91.0 Å². The zero-order valence-electron chi connectivity index (χ0n) is 31.4. The lowest BCUT2D eigenvalue weighted by Crippen LogP contribution is -2.37. The van der Waals surface area contributed by atoms with Gasteiger partial charge in [-0.2, -0.15) is 0 Å². The van der Waals surface area contributed by atoms with E-state index in [0.29, 0.717) is 0 Å². The van der Waals surface area contributed by atoms with E-state index in [1.54, 1.807) is 0 Å². The van der Waals surface area contributed by atoms with Crippen molar-refractivity contribution >= 4 is 43.6 Å². The molecule has 2 aliphatic heterocycles. The van der Waals surface area contributed by atoms with E-state index < -0.39 is 10.8 Å². The van der Waals surface area contributed by atoms with Gasteiger partial charge in [-0.3, -0.25) is 0 Å². The lowest BCUT2D eigenvalue weighted by Gasteiger charge is -2.44. The molecule has 0 fully saturated rings. The molecule has 0 radical (unpaired) electrons. The molecule has 2 aliphatic carbocycles. The van der Waals surface area contributed by atoms with E-state index in [9.17, 15) is 0 Å². The summed E-state index contributed by atoms with van der Waals surface area (Å²) in [6, 6.07) is 74.2. The molecule has 0 atom stereocenters. The van der Waals surface area contributed by atoms with Crippen LogP contribution in [0.3, 0.4) is 0 Å². The van der Waals surface area contributed by atoms with Crippen LogP contribution in [-0.4, -0.2) is 9.13 Å². The molecule has 0 bridgehead atoms. The predicted molar refractivity (Wildman–Crippen MR) is 237 cm³/mol. The second-order valence-corrected chi connectivity index (χ2v) is 16.7. The quantitative estimate of drug-likeness (QED) is 0.147. The fraction of sp³-hybridized carbons (Fsp3) is 0.0357. The number of nitrogens with zero attached hydrogens (tertiary/aromatic N) is 2. The smallest absolute Gasteiger partial charge is 0.0755 e. The average Bonchev–Trinajstić information content (AvgIpc) is 3.99. The Morgan fingerprint density at radius 2 is 0.569 bits per heavy atom. The van der Waals surface area contributed by atoms with Gasteiger partial charge in [0.1, 0.15) is 0 Å². The van der Waals surface area contributed by atoms with Crippen LogP contribution in [0.2, 0.25) is 0 Å². The molecule has 58 heavy (non-hydrogen) atoms. The van der Waals surface area contributed by atoms with Crippen molar-refractivity contribution in [3.63, 3.8) is 0 Å². The van der Waals surface area contributed by atoms with Gasteiger partial charge in [0.2, 0.25) is 0 Å². The first kappa shape index (κ1) is 29.8. The SMILES string of the molecule is c1ccc2c(c1)-c1ccccc1C21c2cc3c(cc2-n2c4ccccc4c4cccc1c42)C1(c2ccccc2-c2ccccc21)c1cccc2c4ccccc4n-3c12. The van der Waals surface area contributed by atoms with Crippen LogP contribution < -0.4 is 0 Å². The molecule has 2 heteroatoms. The summed E-state index contributed by atoms with van der Waals surface area (Å²) in [5.41, 5.74) is 22.5. The van der Waals surface area contributed by atoms with Crippen molar-refractivity contribution in [1.29, 1.82) is 0 Å². The molecular formula is C56H32N2. The van der Waals surface area contributed by atoms with Crippen molar-refractivity contribution < 1.29 is 0 Å². The summed E-state index contributed by atoms with van der Waals surface area (Å²) in [6.45, 7) is 0. The second-order valence-electron chi connectivity index (χ2n) is 16.7. The van der Waals surface area contributed by atoms with Gasteiger partial charge in [0, 0.05) is 21.5 Å². The fourth-order valence-corrected chi connectivity index (χ4v) is 12.6. The Kier molecular flexibility index (Phi) is 5.10. The Labute approximate surface area is 334 Å². The Hall–Kier alpha value is -7.42. The summed E-state index contributed by atoms with van der Waals surface area (Å²) in [7, 11) is 0. The largest absolute Gasteiger partial charge is 0.309 e. The highest BCUT2D eigenvalue weighted by molar-refractivity contribution is 6.15. The summed E-state index contributed by atoms with van der Waals surface area (Å²) < 4.78 is 5.24. The minimum absolute atomic E-state index is 0.543. The second kappa shape index (κ2) is 9.92. The van der Waals surface area contributed by atoms with E-state index in [4.69, 9.17) is 0 Å². The molecule has 0 amide bonds. The van der Waals surface area contributed by atoms with Gasteiger partial charge in [0.25, 0.3) is 0 Å². The molecular weight excluding hydrogens is 701 g/mol. The first-order valence-corrected chi connectivity index (χ1v) is 20.4. The number of benzene rings is 9. The summed E-state index contributed by atoms with van der Waals surface area (Å²) >= 11 is 0. The number of fused-ring (bicyclic) bond motifs is 24. The molecule has 2 spiro atoms. The molecule has 0 saturated heterocycles. The van der Waals surface area contributed by atoms with Crippen molar-refractivity contribution in [2.24, 2.45) is 0 Å². The van der Waals surface area contributed by atoms with Crippen molar-refractivity contribution in [2.75, 3.05) is 0 Å². The lowest BCUT2D eigenvalue weighted by atomic mass is 9.62. The van der Waals surface area contributed by atoms with Crippen LogP contribution >= 0.6 is 0 Å². The van der Waals surface area contributed by atoms with E-state index in [1.807, 2.05) is 0 Å². The lowest BCUT2D eigenvalue weighted by molar-refractivity contribution is 0.721. The first-order chi connectivity index (χ1) is 28.8. The molecule has 2 nitrogen and oxygen atoms in total. The molecule has 0 N–H and O–H groups in total. The maximum atomic E-state index is 2.63. The molecule has 0 unspecified atom stereocenters. The zero-order chi connectivity index (χ0) is 37.5. The summed E-state index contributed by atoms with van der Waals surface area (Å²) in [5.74, 6) is 0. The maximum absolute atomic E-state index is 2.63. The highest BCUT2D eigenvalue weighted by Crippen LogP contribution is 2.65. The van der Waals surface area contributed by atoms with Crippen LogP contribution in [0.4, 0.5) is 0 Å². The van der Waals surface area contributed by atoms with Gasteiger partial charge in [0.15, 0.2) is 0 Å². The maximum Gasteiger partial charge on any atom is 0.0755 e. The number of aromatic nitrogens is 2. The Morgan fingerprint density at radius 3 is 0.966 bits per heavy atom. The van der Waals surface area contributed by atoms with Crippen molar-refractivity contribution in [3.8, 4) is 33.6 Å². The third-order valence-electron chi connectivity index (χ3n) is 14.5. The monoisotopic (exact) mass is 732 g/mol. The third-order valence-corrected chi connectivity index (χ3v) is 14.5. The van der Waals surface area contributed by atoms with Crippen LogP contribution in [-0.2, 0) is 10.8 Å². The Morgan fingerprint density at radius 1 is 0.259 bits per heavy atom. The Balaban J connectivity index is 1.23. The van der Waals surface area contributed by atoms with Gasteiger partial charge in [-0.15, -0.1) is 0 Å². The standard InChI is InChI=1S/C56H32N2/c1-7-23-41-33(15-1)34-16-2-8-24-42(34)55(41)45-27-13-21-39-37-19-5-11-29-49(37)57(53(39)45)51-32-48-52(31-47(51)55)58-50-30-12-6-20-38(50)40-22-14-28-46(54(40)58)56(48)43-25-9-3-17-35(43)36-18-4-10-26-44(36)56/h1-32H. The van der Waals surface area contributed by atoms with Crippen LogP contribution in [0.25, 0.3) is 77.2 Å². The average molecular weight is 733 g/mol.